The second kappa shape index (κ2) is 6.26. The fourth-order valence-corrected chi connectivity index (χ4v) is 3.10. The van der Waals surface area contributed by atoms with Crippen molar-refractivity contribution >= 4 is 34.4 Å². The van der Waals surface area contributed by atoms with Crippen LogP contribution in [0.25, 0.3) is 5.65 Å². The Morgan fingerprint density at radius 2 is 2.04 bits per heavy atom. The first-order chi connectivity index (χ1) is 11.7. The Morgan fingerprint density at radius 3 is 2.79 bits per heavy atom. The summed E-state index contributed by atoms with van der Waals surface area (Å²) in [6, 6.07) is 5.75. The molecule has 0 saturated carbocycles. The molecule has 1 aliphatic rings. The highest BCUT2D eigenvalue weighted by Gasteiger charge is 2.17. The van der Waals surface area contributed by atoms with Crippen LogP contribution in [-0.2, 0) is 0 Å². The quantitative estimate of drug-likeness (QED) is 0.760. The number of hydrogen-bond donors (Lipinski definition) is 2. The van der Waals surface area contributed by atoms with E-state index in [2.05, 4.69) is 25.3 Å². The Morgan fingerprint density at radius 1 is 1.21 bits per heavy atom. The fourth-order valence-electron chi connectivity index (χ4n) is 2.90. The predicted molar refractivity (Wildman–Crippen MR) is 93.0 cm³/mol. The second-order valence-electron chi connectivity index (χ2n) is 5.85. The smallest absolute Gasteiger partial charge is 0.178 e. The molecule has 0 atom stereocenters. The minimum absolute atomic E-state index is 0.177. The molecule has 24 heavy (non-hydrogen) atoms. The van der Waals surface area contributed by atoms with Gasteiger partial charge in [0.2, 0.25) is 0 Å². The van der Waals surface area contributed by atoms with Crippen LogP contribution in [0.1, 0.15) is 12.8 Å². The third kappa shape index (κ3) is 3.00. The number of aromatic nitrogens is 4. The average molecular weight is 345 g/mol. The van der Waals surface area contributed by atoms with Gasteiger partial charge in [-0.05, 0) is 31.0 Å². The Labute approximate surface area is 143 Å². The third-order valence-corrected chi connectivity index (χ3v) is 4.39. The van der Waals surface area contributed by atoms with Gasteiger partial charge in [-0.2, -0.15) is 5.10 Å². The molecule has 4 rings (SSSR count). The molecule has 0 amide bonds. The lowest BCUT2D eigenvalue weighted by Crippen LogP contribution is -2.35. The minimum Gasteiger partial charge on any atom is -0.393 e. The Hall–Kier alpha value is -2.38. The lowest BCUT2D eigenvalue weighted by atomic mass is 10.1. The number of rotatable bonds is 3. The Bertz CT molecular complexity index is 841. The number of piperidine rings is 1. The molecule has 3 aromatic rings. The number of hydrogen-bond acceptors (Lipinski definition) is 6. The first-order valence-corrected chi connectivity index (χ1v) is 8.22. The zero-order chi connectivity index (χ0) is 16.5. The molecule has 0 aliphatic carbocycles. The van der Waals surface area contributed by atoms with Crippen molar-refractivity contribution in [1.29, 1.82) is 0 Å². The standard InChI is InChI=1S/C16H17ClN6O/c17-11-7-14(16-19-10-20-23(16)9-11)21-15-2-1-12(8-18-15)22-5-3-13(24)4-6-22/h1-2,7-10,13,24H,3-6H2,(H,18,21). The van der Waals surface area contributed by atoms with Crippen molar-refractivity contribution in [2.24, 2.45) is 0 Å². The molecule has 1 saturated heterocycles. The van der Waals surface area contributed by atoms with Gasteiger partial charge >= 0.3 is 0 Å². The summed E-state index contributed by atoms with van der Waals surface area (Å²) in [5.41, 5.74) is 2.50. The lowest BCUT2D eigenvalue weighted by Gasteiger charge is -2.31. The summed E-state index contributed by atoms with van der Waals surface area (Å²) >= 11 is 6.11. The normalized spacial score (nSPS) is 15.8. The van der Waals surface area contributed by atoms with Crippen molar-refractivity contribution in [3.05, 3.63) is 41.9 Å². The maximum absolute atomic E-state index is 9.60. The highest BCUT2D eigenvalue weighted by Crippen LogP contribution is 2.25. The number of fused-ring (bicyclic) bond motifs is 1. The van der Waals surface area contributed by atoms with Crippen molar-refractivity contribution in [2.45, 2.75) is 18.9 Å². The Balaban J connectivity index is 1.54. The highest BCUT2D eigenvalue weighted by atomic mass is 35.5. The second-order valence-corrected chi connectivity index (χ2v) is 6.28. The van der Waals surface area contributed by atoms with Crippen molar-refractivity contribution in [2.75, 3.05) is 23.3 Å². The van der Waals surface area contributed by atoms with Gasteiger partial charge in [-0.15, -0.1) is 0 Å². The van der Waals surface area contributed by atoms with Crippen molar-refractivity contribution in [3.8, 4) is 0 Å². The number of halogens is 1. The summed E-state index contributed by atoms with van der Waals surface area (Å²) < 4.78 is 1.62. The van der Waals surface area contributed by atoms with E-state index in [0.29, 0.717) is 16.5 Å². The van der Waals surface area contributed by atoms with E-state index in [9.17, 15) is 5.11 Å². The SMILES string of the molecule is OC1CCN(c2ccc(Nc3cc(Cl)cn4ncnc34)nc2)CC1. The minimum atomic E-state index is -0.177. The average Bonchev–Trinajstić information content (AvgIpc) is 3.05. The van der Waals surface area contributed by atoms with Crippen LogP contribution in [0.4, 0.5) is 17.2 Å². The molecular weight excluding hydrogens is 328 g/mol. The highest BCUT2D eigenvalue weighted by molar-refractivity contribution is 6.30. The fraction of sp³-hybridized carbons (Fsp3) is 0.312. The molecule has 1 aliphatic heterocycles. The molecule has 4 heterocycles. The zero-order valence-electron chi connectivity index (χ0n) is 12.9. The summed E-state index contributed by atoms with van der Waals surface area (Å²) in [6.45, 7) is 1.70. The molecule has 3 aromatic heterocycles. The van der Waals surface area contributed by atoms with E-state index < -0.39 is 0 Å². The van der Waals surface area contributed by atoms with E-state index in [1.807, 2.05) is 18.3 Å². The van der Waals surface area contributed by atoms with Crippen LogP contribution >= 0.6 is 11.6 Å². The molecule has 0 radical (unpaired) electrons. The van der Waals surface area contributed by atoms with E-state index in [0.717, 1.165) is 37.3 Å². The van der Waals surface area contributed by atoms with Gasteiger partial charge in [0.1, 0.15) is 12.1 Å². The molecule has 0 aromatic carbocycles. The van der Waals surface area contributed by atoms with Crippen molar-refractivity contribution < 1.29 is 5.11 Å². The molecule has 124 valence electrons. The first kappa shape index (κ1) is 15.2. The Kier molecular flexibility index (Phi) is 3.95. The van der Waals surface area contributed by atoms with Crippen LogP contribution in [-0.4, -0.2) is 43.9 Å². The largest absolute Gasteiger partial charge is 0.393 e. The topological polar surface area (TPSA) is 78.6 Å². The van der Waals surface area contributed by atoms with Crippen molar-refractivity contribution in [1.82, 2.24) is 19.6 Å². The maximum atomic E-state index is 9.60. The first-order valence-electron chi connectivity index (χ1n) is 7.84. The number of pyridine rings is 2. The molecule has 7 nitrogen and oxygen atoms in total. The van der Waals surface area contributed by atoms with E-state index >= 15 is 0 Å². The van der Waals surface area contributed by atoms with E-state index in [1.165, 1.54) is 6.33 Å². The zero-order valence-corrected chi connectivity index (χ0v) is 13.7. The molecule has 2 N–H and O–H groups in total. The summed E-state index contributed by atoms with van der Waals surface area (Å²) in [6.07, 6.45) is 6.45. The number of aliphatic hydroxyl groups is 1. The number of anilines is 3. The number of aliphatic hydroxyl groups excluding tert-OH is 1. The van der Waals surface area contributed by atoms with Crippen LogP contribution in [0.15, 0.2) is 36.9 Å². The predicted octanol–water partition coefficient (Wildman–Crippen LogP) is 2.48. The lowest BCUT2D eigenvalue weighted by molar-refractivity contribution is 0.145. The third-order valence-electron chi connectivity index (χ3n) is 4.18. The van der Waals surface area contributed by atoms with Gasteiger partial charge in [0, 0.05) is 19.3 Å². The van der Waals surface area contributed by atoms with Gasteiger partial charge in [0.25, 0.3) is 0 Å². The van der Waals surface area contributed by atoms with Crippen molar-refractivity contribution in [3.63, 3.8) is 0 Å². The molecule has 0 unspecified atom stereocenters. The van der Waals surface area contributed by atoms with E-state index in [1.54, 1.807) is 16.8 Å². The van der Waals surface area contributed by atoms with Gasteiger partial charge in [-0.1, -0.05) is 11.6 Å². The van der Waals surface area contributed by atoms with Gasteiger partial charge < -0.3 is 15.3 Å². The monoisotopic (exact) mass is 344 g/mol. The van der Waals surface area contributed by atoms with Crippen LogP contribution in [0, 0.1) is 0 Å². The van der Waals surface area contributed by atoms with E-state index in [4.69, 9.17) is 11.6 Å². The van der Waals surface area contributed by atoms with Crippen LogP contribution in [0.5, 0.6) is 0 Å². The van der Waals surface area contributed by atoms with Crippen LogP contribution < -0.4 is 10.2 Å². The van der Waals surface area contributed by atoms with Gasteiger partial charge in [0.05, 0.1) is 28.7 Å². The molecule has 0 spiro atoms. The van der Waals surface area contributed by atoms with Crippen LogP contribution in [0.2, 0.25) is 5.02 Å². The van der Waals surface area contributed by atoms with Gasteiger partial charge in [0.15, 0.2) is 5.65 Å². The van der Waals surface area contributed by atoms with Gasteiger partial charge in [-0.25, -0.2) is 14.5 Å². The maximum Gasteiger partial charge on any atom is 0.178 e. The number of nitrogens with zero attached hydrogens (tertiary/aromatic N) is 5. The van der Waals surface area contributed by atoms with E-state index in [-0.39, 0.29) is 6.10 Å². The molecule has 1 fully saturated rings. The summed E-state index contributed by atoms with van der Waals surface area (Å²) in [5.74, 6) is 0.711. The summed E-state index contributed by atoms with van der Waals surface area (Å²) in [4.78, 5) is 10.9. The molecular formula is C16H17ClN6O. The summed E-state index contributed by atoms with van der Waals surface area (Å²) in [7, 11) is 0. The van der Waals surface area contributed by atoms with Gasteiger partial charge in [-0.3, -0.25) is 0 Å². The molecule has 8 heteroatoms. The van der Waals surface area contributed by atoms with Crippen LogP contribution in [0.3, 0.4) is 0 Å². The summed E-state index contributed by atoms with van der Waals surface area (Å²) in [5, 5.41) is 17.5. The number of nitrogens with one attached hydrogen (secondary N) is 1. The molecule has 0 bridgehead atoms.